The molecule has 0 radical (unpaired) electrons. The van der Waals surface area contributed by atoms with Crippen LogP contribution < -0.4 is 11.1 Å². The van der Waals surface area contributed by atoms with Crippen LogP contribution in [-0.4, -0.2) is 18.5 Å². The van der Waals surface area contributed by atoms with Crippen LogP contribution in [0.15, 0.2) is 24.3 Å². The minimum atomic E-state index is -0.410. The molecule has 1 atom stereocenters. The van der Waals surface area contributed by atoms with Crippen LogP contribution in [0.4, 0.5) is 0 Å². The summed E-state index contributed by atoms with van der Waals surface area (Å²) >= 11 is 0. The van der Waals surface area contributed by atoms with Crippen LogP contribution in [0.3, 0.4) is 0 Å². The Kier molecular flexibility index (Phi) is 5.16. The number of amides is 1. The maximum Gasteiger partial charge on any atom is 0.237 e. The summed E-state index contributed by atoms with van der Waals surface area (Å²) in [5.74, 6) is 0.113. The second-order valence-electron chi connectivity index (χ2n) is 4.74. The number of hydrogen-bond donors (Lipinski definition) is 2. The molecule has 0 aliphatic rings. The Morgan fingerprint density at radius 2 is 2.00 bits per heavy atom. The summed E-state index contributed by atoms with van der Waals surface area (Å²) in [4.78, 5) is 11.6. The minimum absolute atomic E-state index is 0.0615. The summed E-state index contributed by atoms with van der Waals surface area (Å²) in [6.45, 7) is 6.62. The molecule has 1 aromatic rings. The van der Waals surface area contributed by atoms with Crippen molar-refractivity contribution in [2.24, 2.45) is 11.7 Å². The lowest BCUT2D eigenvalue weighted by Crippen LogP contribution is -2.44. The highest BCUT2D eigenvalue weighted by Gasteiger charge is 2.16. The largest absolute Gasteiger partial charge is 0.354 e. The number of carbonyl (C=O) groups excluding carboxylic acids is 1. The van der Waals surface area contributed by atoms with Gasteiger partial charge >= 0.3 is 0 Å². The monoisotopic (exact) mass is 234 g/mol. The molecule has 3 N–H and O–H groups in total. The molecular weight excluding hydrogens is 212 g/mol. The number of benzene rings is 1. The lowest BCUT2D eigenvalue weighted by atomic mass is 10.0. The van der Waals surface area contributed by atoms with Gasteiger partial charge in [0.05, 0.1) is 6.04 Å². The number of carbonyl (C=O) groups is 1. The van der Waals surface area contributed by atoms with Crippen molar-refractivity contribution in [3.05, 3.63) is 35.4 Å². The quantitative estimate of drug-likeness (QED) is 0.813. The molecule has 0 aliphatic heterocycles. The summed E-state index contributed by atoms with van der Waals surface area (Å²) in [6.07, 6.45) is 0.850. The van der Waals surface area contributed by atoms with E-state index in [0.717, 1.165) is 6.42 Å². The molecule has 0 fully saturated rings. The topological polar surface area (TPSA) is 55.1 Å². The first kappa shape index (κ1) is 13.7. The van der Waals surface area contributed by atoms with Gasteiger partial charge in [-0.25, -0.2) is 0 Å². The van der Waals surface area contributed by atoms with Crippen LogP contribution in [0.1, 0.15) is 25.0 Å². The maximum atomic E-state index is 11.6. The third kappa shape index (κ3) is 4.19. The zero-order valence-corrected chi connectivity index (χ0v) is 10.9. The summed E-state index contributed by atoms with van der Waals surface area (Å²) in [5.41, 5.74) is 8.29. The molecule has 1 aromatic carbocycles. The van der Waals surface area contributed by atoms with E-state index in [0.29, 0.717) is 6.54 Å². The van der Waals surface area contributed by atoms with Gasteiger partial charge in [0.1, 0.15) is 0 Å². The number of aryl methyl sites for hydroxylation is 1. The highest BCUT2D eigenvalue weighted by molar-refractivity contribution is 5.81. The van der Waals surface area contributed by atoms with Crippen molar-refractivity contribution in [1.29, 1.82) is 0 Å². The van der Waals surface area contributed by atoms with E-state index in [9.17, 15) is 4.79 Å². The smallest absolute Gasteiger partial charge is 0.237 e. The molecule has 0 heterocycles. The fourth-order valence-corrected chi connectivity index (χ4v) is 1.63. The molecule has 3 heteroatoms. The summed E-state index contributed by atoms with van der Waals surface area (Å²) in [6, 6.07) is 7.80. The van der Waals surface area contributed by atoms with E-state index in [2.05, 4.69) is 24.4 Å². The predicted octanol–water partition coefficient (Wildman–Crippen LogP) is 1.64. The lowest BCUT2D eigenvalue weighted by Gasteiger charge is -2.15. The van der Waals surface area contributed by atoms with E-state index < -0.39 is 6.04 Å². The van der Waals surface area contributed by atoms with Gasteiger partial charge in [0.15, 0.2) is 0 Å². The minimum Gasteiger partial charge on any atom is -0.354 e. The zero-order chi connectivity index (χ0) is 12.8. The molecule has 0 aliphatic carbocycles. The first-order chi connectivity index (χ1) is 8.02. The first-order valence-electron chi connectivity index (χ1n) is 6.10. The molecule has 1 rings (SSSR count). The maximum absolute atomic E-state index is 11.6. The van der Waals surface area contributed by atoms with Gasteiger partial charge < -0.3 is 11.1 Å². The highest BCUT2D eigenvalue weighted by Crippen LogP contribution is 2.07. The van der Waals surface area contributed by atoms with Gasteiger partial charge in [-0.05, 0) is 30.4 Å². The third-order valence-electron chi connectivity index (χ3n) is 2.98. The van der Waals surface area contributed by atoms with Crippen LogP contribution in [0, 0.1) is 12.8 Å². The molecule has 0 saturated heterocycles. The number of rotatable bonds is 5. The van der Waals surface area contributed by atoms with Gasteiger partial charge in [-0.1, -0.05) is 38.1 Å². The fourth-order valence-electron chi connectivity index (χ4n) is 1.63. The summed E-state index contributed by atoms with van der Waals surface area (Å²) in [5, 5.41) is 2.88. The SMILES string of the molecule is Cc1ccccc1CCNC(=O)C(N)C(C)C. The number of hydrogen-bond acceptors (Lipinski definition) is 2. The van der Waals surface area contributed by atoms with E-state index in [1.807, 2.05) is 26.0 Å². The Morgan fingerprint density at radius 3 is 2.59 bits per heavy atom. The molecule has 3 nitrogen and oxygen atoms in total. The Hall–Kier alpha value is -1.35. The van der Waals surface area contributed by atoms with Gasteiger partial charge in [-0.3, -0.25) is 4.79 Å². The van der Waals surface area contributed by atoms with Crippen molar-refractivity contribution < 1.29 is 4.79 Å². The van der Waals surface area contributed by atoms with Crippen molar-refractivity contribution in [2.45, 2.75) is 33.2 Å². The molecular formula is C14H22N2O. The van der Waals surface area contributed by atoms with Crippen molar-refractivity contribution in [3.8, 4) is 0 Å². The normalized spacial score (nSPS) is 12.5. The van der Waals surface area contributed by atoms with Crippen LogP contribution >= 0.6 is 0 Å². The van der Waals surface area contributed by atoms with Crippen LogP contribution in [0.2, 0.25) is 0 Å². The Morgan fingerprint density at radius 1 is 1.35 bits per heavy atom. The van der Waals surface area contributed by atoms with E-state index in [-0.39, 0.29) is 11.8 Å². The van der Waals surface area contributed by atoms with Crippen molar-refractivity contribution in [1.82, 2.24) is 5.32 Å². The Balaban J connectivity index is 2.38. The zero-order valence-electron chi connectivity index (χ0n) is 10.9. The molecule has 0 saturated carbocycles. The molecule has 94 valence electrons. The van der Waals surface area contributed by atoms with Crippen LogP contribution in [0.5, 0.6) is 0 Å². The van der Waals surface area contributed by atoms with Crippen molar-refractivity contribution >= 4 is 5.91 Å². The predicted molar refractivity (Wildman–Crippen MR) is 70.7 cm³/mol. The summed E-state index contributed by atoms with van der Waals surface area (Å²) in [7, 11) is 0. The summed E-state index contributed by atoms with van der Waals surface area (Å²) < 4.78 is 0. The number of nitrogens with two attached hydrogens (primary N) is 1. The molecule has 0 spiro atoms. The van der Waals surface area contributed by atoms with Gasteiger partial charge in [0, 0.05) is 6.54 Å². The third-order valence-corrected chi connectivity index (χ3v) is 2.98. The van der Waals surface area contributed by atoms with Gasteiger partial charge in [0.2, 0.25) is 5.91 Å². The second kappa shape index (κ2) is 6.40. The lowest BCUT2D eigenvalue weighted by molar-refractivity contribution is -0.123. The Bertz CT molecular complexity index is 374. The van der Waals surface area contributed by atoms with Crippen LogP contribution in [-0.2, 0) is 11.2 Å². The average Bonchev–Trinajstić information content (AvgIpc) is 2.30. The van der Waals surface area contributed by atoms with E-state index in [1.54, 1.807) is 0 Å². The second-order valence-corrected chi connectivity index (χ2v) is 4.74. The van der Waals surface area contributed by atoms with E-state index in [1.165, 1.54) is 11.1 Å². The molecule has 0 bridgehead atoms. The number of nitrogens with one attached hydrogen (secondary N) is 1. The van der Waals surface area contributed by atoms with Crippen molar-refractivity contribution in [3.63, 3.8) is 0 Å². The molecule has 1 amide bonds. The molecule has 17 heavy (non-hydrogen) atoms. The highest BCUT2D eigenvalue weighted by atomic mass is 16.2. The van der Waals surface area contributed by atoms with Gasteiger partial charge in [-0.15, -0.1) is 0 Å². The Labute approximate surface area is 103 Å². The molecule has 0 aromatic heterocycles. The average molecular weight is 234 g/mol. The first-order valence-corrected chi connectivity index (χ1v) is 6.10. The van der Waals surface area contributed by atoms with Gasteiger partial charge in [-0.2, -0.15) is 0 Å². The van der Waals surface area contributed by atoms with E-state index in [4.69, 9.17) is 5.73 Å². The van der Waals surface area contributed by atoms with Crippen molar-refractivity contribution in [2.75, 3.05) is 6.54 Å². The van der Waals surface area contributed by atoms with Crippen LogP contribution in [0.25, 0.3) is 0 Å². The van der Waals surface area contributed by atoms with E-state index >= 15 is 0 Å². The van der Waals surface area contributed by atoms with Gasteiger partial charge in [0.25, 0.3) is 0 Å². The molecule has 1 unspecified atom stereocenters. The fraction of sp³-hybridized carbons (Fsp3) is 0.500. The standard InChI is InChI=1S/C14H22N2O/c1-10(2)13(15)14(17)16-9-8-12-7-5-4-6-11(12)3/h4-7,10,13H,8-9,15H2,1-3H3,(H,16,17).